The van der Waals surface area contributed by atoms with E-state index in [1.54, 1.807) is 44.9 Å². The number of morpholine rings is 1. The second-order valence-electron chi connectivity index (χ2n) is 15.5. The van der Waals surface area contributed by atoms with E-state index in [-0.39, 0.29) is 37.5 Å². The molecule has 5 unspecified atom stereocenters. The maximum atomic E-state index is 14.4. The molecule has 3 N–H and O–H groups in total. The molecule has 3 aromatic carbocycles. The monoisotopic (exact) mass is 757 g/mol. The van der Waals surface area contributed by atoms with Gasteiger partial charge in [-0.25, -0.2) is 0 Å². The van der Waals surface area contributed by atoms with Crippen molar-refractivity contribution in [1.82, 2.24) is 20.4 Å². The number of carbonyl (C=O) groups excluding carboxylic acids is 4. The molecule has 12 nitrogen and oxygen atoms in total. The van der Waals surface area contributed by atoms with Crippen molar-refractivity contribution in [2.45, 2.75) is 90.1 Å². The van der Waals surface area contributed by atoms with Gasteiger partial charge in [0.25, 0.3) is 0 Å². The van der Waals surface area contributed by atoms with E-state index in [2.05, 4.69) is 10.6 Å². The van der Waals surface area contributed by atoms with E-state index in [1.165, 1.54) is 0 Å². The maximum absolute atomic E-state index is 14.4. The molecule has 298 valence electrons. The van der Waals surface area contributed by atoms with Crippen molar-refractivity contribution in [3.8, 4) is 5.75 Å². The molecule has 1 saturated heterocycles. The number of amides is 4. The molecule has 55 heavy (non-hydrogen) atoms. The molecular formula is C43H57N4O8-. The van der Waals surface area contributed by atoms with E-state index < -0.39 is 53.6 Å². The average Bonchev–Trinajstić information content (AvgIpc) is 3.16. The summed E-state index contributed by atoms with van der Waals surface area (Å²) in [5.74, 6) is -1.84. The molecular weight excluding hydrogens is 700 g/mol. The van der Waals surface area contributed by atoms with Gasteiger partial charge in [-0.15, -0.1) is 0 Å². The lowest BCUT2D eigenvalue weighted by Gasteiger charge is -2.46. The van der Waals surface area contributed by atoms with Crippen molar-refractivity contribution in [2.24, 2.45) is 11.8 Å². The van der Waals surface area contributed by atoms with Gasteiger partial charge < -0.3 is 44.9 Å². The van der Waals surface area contributed by atoms with Crippen molar-refractivity contribution >= 4 is 23.8 Å². The molecule has 0 bridgehead atoms. The number of hydrogen-bond acceptors (Lipinski definition) is 8. The Bertz CT molecular complexity index is 1670. The number of aliphatic hydroxyl groups excluding tert-OH is 1. The number of carboxylic acid groups (broad SMARTS) is 1. The van der Waals surface area contributed by atoms with Crippen LogP contribution in [0.1, 0.15) is 57.7 Å². The van der Waals surface area contributed by atoms with Crippen molar-refractivity contribution in [2.75, 3.05) is 33.4 Å². The SMILES string of the molecule is COc1ccc(CC(CC(O)C(Cc2ccccc2)N(C(=O)[O-])C(C)(C)C)C(=O)NC(C(=O)NC(Cc2ccccc2)C(=O)N2CCOCC2)C(C)C)cc1. The van der Waals surface area contributed by atoms with Crippen LogP contribution in [0, 0.1) is 11.8 Å². The van der Waals surface area contributed by atoms with Crippen LogP contribution in [0.15, 0.2) is 84.9 Å². The summed E-state index contributed by atoms with van der Waals surface area (Å²) in [6, 6.07) is 23.0. The summed E-state index contributed by atoms with van der Waals surface area (Å²) < 4.78 is 10.8. The maximum Gasteiger partial charge on any atom is 0.245 e. The van der Waals surface area contributed by atoms with E-state index in [0.717, 1.165) is 21.6 Å². The first-order valence-corrected chi connectivity index (χ1v) is 19.0. The molecule has 1 aliphatic heterocycles. The van der Waals surface area contributed by atoms with Gasteiger partial charge in [0.15, 0.2) is 0 Å². The number of nitrogens with zero attached hydrogens (tertiary/aromatic N) is 2. The first-order valence-electron chi connectivity index (χ1n) is 19.0. The van der Waals surface area contributed by atoms with Crippen LogP contribution in [-0.2, 0) is 38.4 Å². The molecule has 5 atom stereocenters. The largest absolute Gasteiger partial charge is 0.530 e. The second kappa shape index (κ2) is 20.1. The highest BCUT2D eigenvalue weighted by atomic mass is 16.5. The van der Waals surface area contributed by atoms with E-state index >= 15 is 0 Å². The molecule has 1 fully saturated rings. The molecule has 0 saturated carbocycles. The van der Waals surface area contributed by atoms with Gasteiger partial charge in [-0.05, 0) is 74.8 Å². The highest BCUT2D eigenvalue weighted by molar-refractivity contribution is 5.93. The van der Waals surface area contributed by atoms with Crippen LogP contribution in [0.25, 0.3) is 0 Å². The normalized spacial score (nSPS) is 16.0. The molecule has 3 aromatic rings. The summed E-state index contributed by atoms with van der Waals surface area (Å²) in [5, 5.41) is 30.5. The first-order chi connectivity index (χ1) is 26.2. The van der Waals surface area contributed by atoms with E-state index in [1.807, 2.05) is 86.6 Å². The van der Waals surface area contributed by atoms with E-state index in [0.29, 0.717) is 32.1 Å². The fraction of sp³-hybridized carbons (Fsp3) is 0.488. The molecule has 1 heterocycles. The standard InChI is InChI=1S/C43H58N4O8/c1-29(2)38(40(50)44-35(26-30-13-9-7-10-14-30)41(51)46-21-23-55-24-22-46)45-39(49)33(25-32-17-19-34(54-6)20-18-32)28-37(48)36(27-31-15-11-8-12-16-31)47(42(52)53)43(3,4)5/h7-20,29,33,35-38,48H,21-28H2,1-6H3,(H,44,50)(H,45,49)(H,52,53)/p-1. The summed E-state index contributed by atoms with van der Waals surface area (Å²) >= 11 is 0. The minimum absolute atomic E-state index is 0.117. The zero-order chi connectivity index (χ0) is 40.1. The highest BCUT2D eigenvalue weighted by Crippen LogP contribution is 2.27. The number of aliphatic hydroxyl groups is 1. The van der Waals surface area contributed by atoms with Gasteiger partial charge in [-0.3, -0.25) is 14.4 Å². The van der Waals surface area contributed by atoms with Gasteiger partial charge in [-0.1, -0.05) is 86.6 Å². The molecule has 12 heteroatoms. The average molecular weight is 758 g/mol. The predicted octanol–water partition coefficient (Wildman–Crippen LogP) is 3.39. The Kier molecular flexibility index (Phi) is 15.7. The van der Waals surface area contributed by atoms with Crippen molar-refractivity contribution in [3.05, 3.63) is 102 Å². The van der Waals surface area contributed by atoms with Crippen LogP contribution in [0.5, 0.6) is 5.75 Å². The van der Waals surface area contributed by atoms with E-state index in [9.17, 15) is 29.4 Å². The zero-order valence-corrected chi connectivity index (χ0v) is 32.9. The van der Waals surface area contributed by atoms with Gasteiger partial charge >= 0.3 is 0 Å². The van der Waals surface area contributed by atoms with Crippen LogP contribution in [0.2, 0.25) is 0 Å². The molecule has 0 aromatic heterocycles. The van der Waals surface area contributed by atoms with Crippen molar-refractivity contribution in [1.29, 1.82) is 0 Å². The third-order valence-corrected chi connectivity index (χ3v) is 9.99. The topological polar surface area (TPSA) is 161 Å². The summed E-state index contributed by atoms with van der Waals surface area (Å²) in [5.41, 5.74) is 1.54. The fourth-order valence-corrected chi connectivity index (χ4v) is 7.06. The first kappa shape index (κ1) is 42.8. The Morgan fingerprint density at radius 3 is 1.87 bits per heavy atom. The molecule has 1 aliphatic rings. The Morgan fingerprint density at radius 2 is 1.36 bits per heavy atom. The van der Waals surface area contributed by atoms with Crippen LogP contribution in [0.3, 0.4) is 0 Å². The lowest BCUT2D eigenvalue weighted by molar-refractivity contribution is -0.275. The van der Waals surface area contributed by atoms with Gasteiger partial charge in [0.2, 0.25) is 17.7 Å². The minimum Gasteiger partial charge on any atom is -0.530 e. The van der Waals surface area contributed by atoms with Crippen molar-refractivity contribution in [3.63, 3.8) is 0 Å². The predicted molar refractivity (Wildman–Crippen MR) is 208 cm³/mol. The lowest BCUT2D eigenvalue weighted by Crippen LogP contribution is -2.61. The lowest BCUT2D eigenvalue weighted by atomic mass is 9.86. The summed E-state index contributed by atoms with van der Waals surface area (Å²) in [7, 11) is 1.56. The third kappa shape index (κ3) is 12.5. The summed E-state index contributed by atoms with van der Waals surface area (Å²) in [6.07, 6.45) is -2.21. The molecule has 0 radical (unpaired) electrons. The number of hydrogen-bond donors (Lipinski definition) is 3. The zero-order valence-electron chi connectivity index (χ0n) is 32.9. The van der Waals surface area contributed by atoms with Crippen LogP contribution < -0.4 is 20.5 Å². The molecule has 4 amide bonds. The van der Waals surface area contributed by atoms with Crippen LogP contribution in [-0.4, -0.2) is 102 Å². The fourth-order valence-electron chi connectivity index (χ4n) is 7.06. The number of benzene rings is 3. The Hall–Kier alpha value is -4.94. The molecule has 0 aliphatic carbocycles. The number of nitrogens with one attached hydrogen (secondary N) is 2. The Balaban J connectivity index is 1.63. The van der Waals surface area contributed by atoms with Gasteiger partial charge in [-0.2, -0.15) is 0 Å². The van der Waals surface area contributed by atoms with Gasteiger partial charge in [0.1, 0.15) is 23.9 Å². The number of rotatable bonds is 17. The van der Waals surface area contributed by atoms with Crippen LogP contribution in [0.4, 0.5) is 4.79 Å². The van der Waals surface area contributed by atoms with Gasteiger partial charge in [0.05, 0.1) is 32.5 Å². The third-order valence-electron chi connectivity index (χ3n) is 9.99. The Morgan fingerprint density at radius 1 is 0.818 bits per heavy atom. The number of ether oxygens (including phenoxy) is 2. The highest BCUT2D eigenvalue weighted by Gasteiger charge is 2.38. The summed E-state index contributed by atoms with van der Waals surface area (Å²) in [6.45, 7) is 10.5. The van der Waals surface area contributed by atoms with Gasteiger partial charge in [0, 0.05) is 31.0 Å². The van der Waals surface area contributed by atoms with Crippen molar-refractivity contribution < 1.29 is 38.9 Å². The quantitative estimate of drug-likeness (QED) is 0.189. The van der Waals surface area contributed by atoms with E-state index in [4.69, 9.17) is 9.47 Å². The van der Waals surface area contributed by atoms with Crippen LogP contribution >= 0.6 is 0 Å². The summed E-state index contributed by atoms with van der Waals surface area (Å²) in [4.78, 5) is 57.8. The molecule has 0 spiro atoms. The smallest absolute Gasteiger partial charge is 0.245 e. The second-order valence-corrected chi connectivity index (χ2v) is 15.5. The Labute approximate surface area is 325 Å². The minimum atomic E-state index is -1.43. The molecule has 4 rings (SSSR count). The number of carbonyl (C=O) groups is 4. The number of methoxy groups -OCH3 is 1.